The normalized spacial score (nSPS) is 11.3. The van der Waals surface area contributed by atoms with Crippen LogP contribution in [-0.2, 0) is 16.0 Å². The molecule has 0 atom stereocenters. The van der Waals surface area contributed by atoms with Crippen molar-refractivity contribution in [2.75, 3.05) is 13.1 Å². The Kier molecular flexibility index (Phi) is 6.53. The van der Waals surface area contributed by atoms with Crippen LogP contribution in [0, 0.1) is 6.92 Å². The molecule has 0 aliphatic rings. The van der Waals surface area contributed by atoms with E-state index < -0.39 is 0 Å². The summed E-state index contributed by atoms with van der Waals surface area (Å²) in [6.45, 7) is 10.2. The standard InChI is InChI=1S/C20H27N3O2S/c1-6-23(12-17(24)22-20(3,4)5)18(25)11-16-13-26-19(21-16)15-9-7-8-14(2)10-15/h7-10,13H,6,11-12H2,1-5H3,(H,22,24). The predicted molar refractivity (Wildman–Crippen MR) is 106 cm³/mol. The lowest BCUT2D eigenvalue weighted by molar-refractivity contribution is -0.135. The number of rotatable bonds is 6. The summed E-state index contributed by atoms with van der Waals surface area (Å²) in [6, 6.07) is 8.15. The van der Waals surface area contributed by atoms with Crippen molar-refractivity contribution in [3.8, 4) is 10.6 Å². The van der Waals surface area contributed by atoms with Crippen molar-refractivity contribution in [1.82, 2.24) is 15.2 Å². The van der Waals surface area contributed by atoms with E-state index in [4.69, 9.17) is 0 Å². The Balaban J connectivity index is 2.01. The number of carbonyl (C=O) groups is 2. The van der Waals surface area contributed by atoms with Gasteiger partial charge in [0.05, 0.1) is 18.7 Å². The molecular weight excluding hydrogens is 346 g/mol. The largest absolute Gasteiger partial charge is 0.350 e. The number of thiazole rings is 1. The number of nitrogens with one attached hydrogen (secondary N) is 1. The first-order valence-corrected chi connectivity index (χ1v) is 9.66. The maximum absolute atomic E-state index is 12.6. The van der Waals surface area contributed by atoms with Crippen LogP contribution < -0.4 is 5.32 Å². The lowest BCUT2D eigenvalue weighted by Gasteiger charge is -2.25. The molecule has 1 aromatic carbocycles. The highest BCUT2D eigenvalue weighted by Crippen LogP contribution is 2.24. The number of aryl methyl sites for hydroxylation is 1. The van der Waals surface area contributed by atoms with Gasteiger partial charge in [0.25, 0.3) is 0 Å². The smallest absolute Gasteiger partial charge is 0.240 e. The van der Waals surface area contributed by atoms with Gasteiger partial charge in [-0.3, -0.25) is 9.59 Å². The summed E-state index contributed by atoms with van der Waals surface area (Å²) < 4.78 is 0. The van der Waals surface area contributed by atoms with Crippen molar-refractivity contribution >= 4 is 23.2 Å². The third kappa shape index (κ3) is 5.95. The number of hydrogen-bond acceptors (Lipinski definition) is 4. The molecule has 0 spiro atoms. The van der Waals surface area contributed by atoms with Gasteiger partial charge in [-0.05, 0) is 40.7 Å². The van der Waals surface area contributed by atoms with Crippen molar-refractivity contribution in [2.24, 2.45) is 0 Å². The van der Waals surface area contributed by atoms with E-state index in [0.717, 1.165) is 16.3 Å². The zero-order valence-electron chi connectivity index (χ0n) is 16.1. The first kappa shape index (κ1) is 20.1. The third-order valence-electron chi connectivity index (χ3n) is 3.73. The first-order chi connectivity index (χ1) is 12.2. The van der Waals surface area contributed by atoms with Crippen LogP contribution in [0.15, 0.2) is 29.6 Å². The highest BCUT2D eigenvalue weighted by molar-refractivity contribution is 7.13. The van der Waals surface area contributed by atoms with E-state index in [1.165, 1.54) is 16.9 Å². The molecule has 0 unspecified atom stereocenters. The Labute approximate surface area is 159 Å². The lowest BCUT2D eigenvalue weighted by atomic mass is 10.1. The molecule has 1 heterocycles. The zero-order chi connectivity index (χ0) is 19.3. The van der Waals surface area contributed by atoms with Crippen molar-refractivity contribution in [3.05, 3.63) is 40.9 Å². The Morgan fingerprint density at radius 1 is 1.27 bits per heavy atom. The summed E-state index contributed by atoms with van der Waals surface area (Å²) in [5.41, 5.74) is 2.67. The lowest BCUT2D eigenvalue weighted by Crippen LogP contribution is -2.47. The Morgan fingerprint density at radius 3 is 2.62 bits per heavy atom. The van der Waals surface area contributed by atoms with E-state index >= 15 is 0 Å². The SMILES string of the molecule is CCN(CC(=O)NC(C)(C)C)C(=O)Cc1csc(-c2cccc(C)c2)n1. The summed E-state index contributed by atoms with van der Waals surface area (Å²) in [7, 11) is 0. The number of hydrogen-bond donors (Lipinski definition) is 1. The molecule has 2 aromatic rings. The Morgan fingerprint density at radius 2 is 2.00 bits per heavy atom. The van der Waals surface area contributed by atoms with E-state index in [9.17, 15) is 9.59 Å². The number of carbonyl (C=O) groups excluding carboxylic acids is 2. The minimum atomic E-state index is -0.308. The van der Waals surface area contributed by atoms with Gasteiger partial charge in [0, 0.05) is 23.0 Å². The van der Waals surface area contributed by atoms with Crippen LogP contribution in [0.25, 0.3) is 10.6 Å². The number of likely N-dealkylation sites (N-methyl/N-ethyl adjacent to an activating group) is 1. The van der Waals surface area contributed by atoms with Gasteiger partial charge < -0.3 is 10.2 Å². The molecule has 0 aliphatic heterocycles. The van der Waals surface area contributed by atoms with Crippen LogP contribution in [0.2, 0.25) is 0 Å². The third-order valence-corrected chi connectivity index (χ3v) is 4.67. The number of amides is 2. The molecule has 0 saturated heterocycles. The van der Waals surface area contributed by atoms with E-state index in [-0.39, 0.29) is 30.3 Å². The second-order valence-corrected chi connectivity index (χ2v) is 8.25. The summed E-state index contributed by atoms with van der Waals surface area (Å²) >= 11 is 1.53. The maximum Gasteiger partial charge on any atom is 0.240 e. The number of benzene rings is 1. The molecule has 140 valence electrons. The average molecular weight is 374 g/mol. The fraction of sp³-hybridized carbons (Fsp3) is 0.450. The van der Waals surface area contributed by atoms with Crippen LogP contribution in [0.3, 0.4) is 0 Å². The highest BCUT2D eigenvalue weighted by atomic mass is 32.1. The van der Waals surface area contributed by atoms with E-state index in [2.05, 4.69) is 16.4 Å². The molecule has 6 heteroatoms. The molecule has 26 heavy (non-hydrogen) atoms. The van der Waals surface area contributed by atoms with Crippen LogP contribution >= 0.6 is 11.3 Å². The second kappa shape index (κ2) is 8.45. The summed E-state index contributed by atoms with van der Waals surface area (Å²) in [5, 5.41) is 5.71. The molecular formula is C20H27N3O2S. The maximum atomic E-state index is 12.6. The minimum absolute atomic E-state index is 0.0709. The Hall–Kier alpha value is -2.21. The number of aromatic nitrogens is 1. The summed E-state index contributed by atoms with van der Waals surface area (Å²) in [4.78, 5) is 30.8. The topological polar surface area (TPSA) is 62.3 Å². The van der Waals surface area contributed by atoms with Crippen LogP contribution in [0.5, 0.6) is 0 Å². The molecule has 2 rings (SSSR count). The predicted octanol–water partition coefficient (Wildman–Crippen LogP) is 3.42. The molecule has 5 nitrogen and oxygen atoms in total. The van der Waals surface area contributed by atoms with Crippen molar-refractivity contribution in [2.45, 2.75) is 46.6 Å². The van der Waals surface area contributed by atoms with Crippen molar-refractivity contribution < 1.29 is 9.59 Å². The fourth-order valence-corrected chi connectivity index (χ4v) is 3.39. The van der Waals surface area contributed by atoms with Gasteiger partial charge in [-0.25, -0.2) is 4.98 Å². The van der Waals surface area contributed by atoms with E-state index in [1.54, 1.807) is 4.90 Å². The minimum Gasteiger partial charge on any atom is -0.350 e. The zero-order valence-corrected chi connectivity index (χ0v) is 16.9. The molecule has 1 N–H and O–H groups in total. The van der Waals surface area contributed by atoms with Crippen LogP contribution in [0.4, 0.5) is 0 Å². The summed E-state index contributed by atoms with van der Waals surface area (Å²) in [5.74, 6) is -0.232. The van der Waals surface area contributed by atoms with Gasteiger partial charge in [-0.1, -0.05) is 23.8 Å². The van der Waals surface area contributed by atoms with Gasteiger partial charge in [-0.15, -0.1) is 11.3 Å². The van der Waals surface area contributed by atoms with Crippen LogP contribution in [-0.4, -0.2) is 40.3 Å². The van der Waals surface area contributed by atoms with Crippen LogP contribution in [0.1, 0.15) is 39.0 Å². The van der Waals surface area contributed by atoms with Crippen molar-refractivity contribution in [1.29, 1.82) is 0 Å². The highest BCUT2D eigenvalue weighted by Gasteiger charge is 2.20. The van der Waals surface area contributed by atoms with E-state index in [1.807, 2.05) is 58.2 Å². The summed E-state index contributed by atoms with van der Waals surface area (Å²) in [6.07, 6.45) is 0.207. The van der Waals surface area contributed by atoms with Gasteiger partial charge >= 0.3 is 0 Å². The number of nitrogens with zero attached hydrogens (tertiary/aromatic N) is 2. The Bertz CT molecular complexity index is 777. The van der Waals surface area contributed by atoms with Gasteiger partial charge in [0.1, 0.15) is 5.01 Å². The monoisotopic (exact) mass is 373 g/mol. The molecule has 1 aromatic heterocycles. The molecule has 0 aliphatic carbocycles. The van der Waals surface area contributed by atoms with Gasteiger partial charge in [0.15, 0.2) is 0 Å². The van der Waals surface area contributed by atoms with Gasteiger partial charge in [-0.2, -0.15) is 0 Å². The molecule has 0 fully saturated rings. The fourth-order valence-electron chi connectivity index (χ4n) is 2.57. The van der Waals surface area contributed by atoms with Gasteiger partial charge in [0.2, 0.25) is 11.8 Å². The molecule has 0 bridgehead atoms. The molecule has 0 radical (unpaired) electrons. The quantitative estimate of drug-likeness (QED) is 0.844. The second-order valence-electron chi connectivity index (χ2n) is 7.40. The first-order valence-electron chi connectivity index (χ1n) is 8.78. The molecule has 2 amide bonds. The van der Waals surface area contributed by atoms with Crippen molar-refractivity contribution in [3.63, 3.8) is 0 Å². The van der Waals surface area contributed by atoms with E-state index in [0.29, 0.717) is 6.54 Å². The molecule has 0 saturated carbocycles. The average Bonchev–Trinajstić information content (AvgIpc) is 2.99.